The first-order valence-corrected chi connectivity index (χ1v) is 9.23. The van der Waals surface area contributed by atoms with Crippen LogP contribution < -0.4 is 5.32 Å². The van der Waals surface area contributed by atoms with Gasteiger partial charge in [0.2, 0.25) is 5.91 Å². The van der Waals surface area contributed by atoms with Gasteiger partial charge in [-0.25, -0.2) is 0 Å². The van der Waals surface area contributed by atoms with Crippen molar-refractivity contribution in [2.75, 3.05) is 5.32 Å². The number of benzene rings is 2. The quantitative estimate of drug-likeness (QED) is 0.657. The lowest BCUT2D eigenvalue weighted by Crippen LogP contribution is -2.48. The summed E-state index contributed by atoms with van der Waals surface area (Å²) in [7, 11) is 0. The maximum Gasteiger partial charge on any atom is 0.262 e. The van der Waals surface area contributed by atoms with Crippen LogP contribution in [0.5, 0.6) is 0 Å². The fraction of sp³-hybridized carbons (Fsp3) is 0.0952. The van der Waals surface area contributed by atoms with E-state index in [4.69, 9.17) is 11.6 Å². The molecule has 1 aromatic heterocycles. The Bertz CT molecular complexity index is 1050. The van der Waals surface area contributed by atoms with Crippen LogP contribution in [0.25, 0.3) is 0 Å². The molecule has 0 fully saturated rings. The summed E-state index contributed by atoms with van der Waals surface area (Å²) in [5.74, 6) is -1.36. The van der Waals surface area contributed by atoms with Gasteiger partial charge >= 0.3 is 0 Å². The summed E-state index contributed by atoms with van der Waals surface area (Å²) in [4.78, 5) is 39.9. The van der Waals surface area contributed by atoms with Gasteiger partial charge in [-0.2, -0.15) is 0 Å². The molecule has 144 valence electrons. The Balaban J connectivity index is 1.67. The van der Waals surface area contributed by atoms with Crippen LogP contribution in [0.4, 0.5) is 5.82 Å². The van der Waals surface area contributed by atoms with Gasteiger partial charge in [0, 0.05) is 6.42 Å². The fourth-order valence-electron chi connectivity index (χ4n) is 3.22. The van der Waals surface area contributed by atoms with Crippen LogP contribution in [0.15, 0.2) is 66.7 Å². The van der Waals surface area contributed by atoms with Crippen molar-refractivity contribution in [1.29, 1.82) is 0 Å². The van der Waals surface area contributed by atoms with Crippen molar-refractivity contribution in [3.8, 4) is 0 Å². The fourth-order valence-corrected chi connectivity index (χ4v) is 3.32. The largest absolute Gasteiger partial charge is 0.307 e. The van der Waals surface area contributed by atoms with Crippen LogP contribution in [-0.4, -0.2) is 38.9 Å². The normalized spacial score (nSPS) is 13.9. The molecule has 0 aliphatic carbocycles. The van der Waals surface area contributed by atoms with Gasteiger partial charge in [-0.15, -0.1) is 10.2 Å². The molecule has 7 nitrogen and oxygen atoms in total. The van der Waals surface area contributed by atoms with Crippen molar-refractivity contribution < 1.29 is 14.4 Å². The number of imide groups is 1. The summed E-state index contributed by atoms with van der Waals surface area (Å²) in [6.07, 6.45) is 0.166. The average molecular weight is 407 g/mol. The minimum Gasteiger partial charge on any atom is -0.307 e. The molecule has 4 rings (SSSR count). The SMILES string of the molecule is O=C(Nc1ccc(Cl)nn1)C(Cc1ccccc1)N1C(=O)c2ccccc2C1=O. The van der Waals surface area contributed by atoms with Crippen LogP contribution in [0.3, 0.4) is 0 Å². The van der Waals surface area contributed by atoms with E-state index < -0.39 is 23.8 Å². The van der Waals surface area contributed by atoms with E-state index in [-0.39, 0.29) is 28.5 Å². The zero-order chi connectivity index (χ0) is 20.4. The molecule has 0 saturated heterocycles. The number of hydrogen-bond acceptors (Lipinski definition) is 5. The third kappa shape index (κ3) is 3.72. The molecule has 1 aliphatic rings. The van der Waals surface area contributed by atoms with Crippen molar-refractivity contribution >= 4 is 35.1 Å². The number of aromatic nitrogens is 2. The molecule has 1 unspecified atom stereocenters. The van der Waals surface area contributed by atoms with Gasteiger partial charge in [-0.05, 0) is 29.8 Å². The van der Waals surface area contributed by atoms with Gasteiger partial charge in [-0.3, -0.25) is 19.3 Å². The maximum absolute atomic E-state index is 13.1. The second kappa shape index (κ2) is 7.81. The van der Waals surface area contributed by atoms with Crippen LogP contribution in [-0.2, 0) is 11.2 Å². The van der Waals surface area contributed by atoms with Crippen molar-refractivity contribution in [2.45, 2.75) is 12.5 Å². The molecule has 29 heavy (non-hydrogen) atoms. The number of hydrogen-bond donors (Lipinski definition) is 1. The maximum atomic E-state index is 13.1. The minimum absolute atomic E-state index is 0.166. The number of anilines is 1. The second-order valence-electron chi connectivity index (χ2n) is 6.46. The van der Waals surface area contributed by atoms with E-state index in [9.17, 15) is 14.4 Å². The van der Waals surface area contributed by atoms with Crippen LogP contribution in [0, 0.1) is 0 Å². The van der Waals surface area contributed by atoms with Crippen molar-refractivity contribution in [3.05, 3.63) is 88.6 Å². The zero-order valence-corrected chi connectivity index (χ0v) is 15.8. The molecule has 0 spiro atoms. The molecule has 1 atom stereocenters. The van der Waals surface area contributed by atoms with Crippen molar-refractivity contribution in [2.24, 2.45) is 0 Å². The smallest absolute Gasteiger partial charge is 0.262 e. The molecule has 0 saturated carbocycles. The molecule has 0 radical (unpaired) electrons. The molecule has 3 amide bonds. The molecule has 1 N–H and O–H groups in total. The summed E-state index contributed by atoms with van der Waals surface area (Å²) >= 11 is 5.73. The monoisotopic (exact) mass is 406 g/mol. The summed E-state index contributed by atoms with van der Waals surface area (Å²) in [6, 6.07) is 17.6. The molecule has 3 aromatic rings. The lowest BCUT2D eigenvalue weighted by Gasteiger charge is -2.25. The Morgan fingerprint density at radius 1 is 0.897 bits per heavy atom. The highest BCUT2D eigenvalue weighted by molar-refractivity contribution is 6.29. The zero-order valence-electron chi connectivity index (χ0n) is 15.1. The number of nitrogens with zero attached hydrogens (tertiary/aromatic N) is 3. The number of carbonyl (C=O) groups excluding carboxylic acids is 3. The van der Waals surface area contributed by atoms with Gasteiger partial charge in [0.15, 0.2) is 11.0 Å². The van der Waals surface area contributed by atoms with Crippen LogP contribution >= 0.6 is 11.6 Å². The first kappa shape index (κ1) is 18.8. The third-order valence-corrected chi connectivity index (χ3v) is 4.80. The van der Waals surface area contributed by atoms with E-state index in [1.807, 2.05) is 30.3 Å². The first-order valence-electron chi connectivity index (χ1n) is 8.85. The highest BCUT2D eigenvalue weighted by Crippen LogP contribution is 2.26. The summed E-state index contributed by atoms with van der Waals surface area (Å²) in [6.45, 7) is 0. The summed E-state index contributed by atoms with van der Waals surface area (Å²) in [5.41, 5.74) is 1.38. The number of halogens is 1. The lowest BCUT2D eigenvalue weighted by molar-refractivity contribution is -0.120. The Labute approximate surface area is 171 Å². The van der Waals surface area contributed by atoms with E-state index in [1.54, 1.807) is 24.3 Å². The first-order chi connectivity index (χ1) is 14.0. The predicted molar refractivity (Wildman–Crippen MR) is 107 cm³/mol. The molecule has 0 bridgehead atoms. The van der Waals surface area contributed by atoms with Gasteiger partial charge in [0.1, 0.15) is 6.04 Å². The number of fused-ring (bicyclic) bond motifs is 1. The van der Waals surface area contributed by atoms with Gasteiger partial charge < -0.3 is 5.32 Å². The Kier molecular flexibility index (Phi) is 5.05. The second-order valence-corrected chi connectivity index (χ2v) is 6.85. The predicted octanol–water partition coefficient (Wildman–Crippen LogP) is 2.98. The van der Waals surface area contributed by atoms with E-state index in [0.29, 0.717) is 0 Å². The number of carbonyl (C=O) groups is 3. The highest BCUT2D eigenvalue weighted by Gasteiger charge is 2.42. The van der Waals surface area contributed by atoms with E-state index in [0.717, 1.165) is 10.5 Å². The van der Waals surface area contributed by atoms with Crippen LogP contribution in [0.2, 0.25) is 5.15 Å². The minimum atomic E-state index is -1.05. The molecular formula is C21H15ClN4O3. The van der Waals surface area contributed by atoms with Crippen molar-refractivity contribution in [3.63, 3.8) is 0 Å². The van der Waals surface area contributed by atoms with E-state index in [1.165, 1.54) is 12.1 Å². The Morgan fingerprint density at radius 3 is 2.10 bits per heavy atom. The summed E-state index contributed by atoms with van der Waals surface area (Å²) < 4.78 is 0. The van der Waals surface area contributed by atoms with Gasteiger partial charge in [-0.1, -0.05) is 54.1 Å². The standard InChI is InChI=1S/C21H15ClN4O3/c22-17-10-11-18(25-24-17)23-19(27)16(12-13-6-2-1-3-7-13)26-20(28)14-8-4-5-9-15(14)21(26)29/h1-11,16H,12H2,(H,23,25,27). The molecular weight excluding hydrogens is 392 g/mol. The van der Waals surface area contributed by atoms with Crippen LogP contribution in [0.1, 0.15) is 26.3 Å². The molecule has 8 heteroatoms. The number of amides is 3. The summed E-state index contributed by atoms with van der Waals surface area (Å²) in [5, 5.41) is 10.3. The third-order valence-electron chi connectivity index (χ3n) is 4.59. The molecule has 1 aliphatic heterocycles. The number of nitrogens with one attached hydrogen (secondary N) is 1. The molecule has 2 heterocycles. The van der Waals surface area contributed by atoms with E-state index >= 15 is 0 Å². The number of rotatable bonds is 5. The van der Waals surface area contributed by atoms with Crippen molar-refractivity contribution in [1.82, 2.24) is 15.1 Å². The van der Waals surface area contributed by atoms with Gasteiger partial charge in [0.05, 0.1) is 11.1 Å². The Morgan fingerprint density at radius 2 is 1.52 bits per heavy atom. The lowest BCUT2D eigenvalue weighted by atomic mass is 10.0. The van der Waals surface area contributed by atoms with Gasteiger partial charge in [0.25, 0.3) is 11.8 Å². The van der Waals surface area contributed by atoms with E-state index in [2.05, 4.69) is 15.5 Å². The topological polar surface area (TPSA) is 92.3 Å². The molecule has 2 aromatic carbocycles. The highest BCUT2D eigenvalue weighted by atomic mass is 35.5. The Hall–Kier alpha value is -3.58. The average Bonchev–Trinajstić information content (AvgIpc) is 2.99.